The molecular weight excluding hydrogens is 447 g/mol. The number of anilines is 2. The van der Waals surface area contributed by atoms with Crippen LogP contribution in [0.3, 0.4) is 0 Å². The largest absolute Gasteiger partial charge is 0.494 e. The summed E-state index contributed by atoms with van der Waals surface area (Å²) >= 11 is 0. The molecule has 2 saturated heterocycles. The van der Waals surface area contributed by atoms with E-state index in [1.54, 1.807) is 30.3 Å². The summed E-state index contributed by atoms with van der Waals surface area (Å²) in [5.41, 5.74) is 0.274. The van der Waals surface area contributed by atoms with E-state index < -0.39 is 17.8 Å². The van der Waals surface area contributed by atoms with E-state index >= 15 is 0 Å². The number of carbonyl (C=O) groups is 2. The van der Waals surface area contributed by atoms with Gasteiger partial charge in [0.15, 0.2) is 0 Å². The lowest BCUT2D eigenvalue weighted by molar-refractivity contribution is -0.137. The molecule has 0 aliphatic carbocycles. The molecule has 2 aliphatic heterocycles. The van der Waals surface area contributed by atoms with E-state index in [9.17, 15) is 22.8 Å². The van der Waals surface area contributed by atoms with Crippen molar-refractivity contribution in [2.45, 2.75) is 50.9 Å². The fourth-order valence-electron chi connectivity index (χ4n) is 4.46. The molecule has 1 N–H and O–H groups in total. The van der Waals surface area contributed by atoms with E-state index in [4.69, 9.17) is 4.74 Å². The highest BCUT2D eigenvalue weighted by atomic mass is 19.4. The molecule has 182 valence electrons. The van der Waals surface area contributed by atoms with E-state index in [0.717, 1.165) is 18.6 Å². The number of likely N-dealkylation sites (tertiary alicyclic amines) is 1. The average molecular weight is 476 g/mol. The molecule has 0 aromatic heterocycles. The number of hydrogen-bond donors (Lipinski definition) is 1. The fraction of sp³-hybridized carbons (Fsp3) is 0.440. The van der Waals surface area contributed by atoms with Gasteiger partial charge in [-0.2, -0.15) is 13.2 Å². The van der Waals surface area contributed by atoms with Crippen molar-refractivity contribution < 1.29 is 27.5 Å². The van der Waals surface area contributed by atoms with Crippen LogP contribution >= 0.6 is 0 Å². The van der Waals surface area contributed by atoms with Crippen LogP contribution in [0.2, 0.25) is 0 Å². The molecule has 2 aromatic carbocycles. The van der Waals surface area contributed by atoms with Gasteiger partial charge in [0, 0.05) is 24.8 Å². The minimum atomic E-state index is -4.38. The lowest BCUT2D eigenvalue weighted by Gasteiger charge is -2.35. The van der Waals surface area contributed by atoms with Gasteiger partial charge in [-0.1, -0.05) is 13.0 Å². The number of nitrogens with one attached hydrogen (secondary N) is 1. The van der Waals surface area contributed by atoms with Crippen LogP contribution in [0.15, 0.2) is 48.5 Å². The Labute approximate surface area is 196 Å². The van der Waals surface area contributed by atoms with Crippen molar-refractivity contribution >= 4 is 23.2 Å². The Morgan fingerprint density at radius 3 is 2.41 bits per heavy atom. The van der Waals surface area contributed by atoms with Crippen LogP contribution in [0.5, 0.6) is 5.75 Å². The van der Waals surface area contributed by atoms with Gasteiger partial charge in [0.25, 0.3) is 5.91 Å². The summed E-state index contributed by atoms with van der Waals surface area (Å²) < 4.78 is 44.4. The Hall–Kier alpha value is -3.07. The van der Waals surface area contributed by atoms with Crippen molar-refractivity contribution in [3.05, 3.63) is 54.1 Å². The van der Waals surface area contributed by atoms with Crippen LogP contribution in [0, 0.1) is 0 Å². The zero-order valence-corrected chi connectivity index (χ0v) is 19.0. The van der Waals surface area contributed by atoms with Gasteiger partial charge in [-0.15, -0.1) is 0 Å². The summed E-state index contributed by atoms with van der Waals surface area (Å²) in [4.78, 5) is 29.0. The second-order valence-electron chi connectivity index (χ2n) is 8.66. The van der Waals surface area contributed by atoms with Crippen LogP contribution < -0.4 is 15.0 Å². The summed E-state index contributed by atoms with van der Waals surface area (Å²) in [7, 11) is 0. The van der Waals surface area contributed by atoms with Crippen LogP contribution in [0.25, 0.3) is 0 Å². The average Bonchev–Trinajstić information content (AvgIpc) is 3.12. The Bertz CT molecular complexity index is 1020. The number of hydrogen-bond acceptors (Lipinski definition) is 5. The van der Waals surface area contributed by atoms with Crippen LogP contribution in [-0.4, -0.2) is 48.5 Å². The Kier molecular flexibility index (Phi) is 7.11. The van der Waals surface area contributed by atoms with Gasteiger partial charge in [-0.05, 0) is 61.7 Å². The molecule has 2 heterocycles. The predicted octanol–water partition coefficient (Wildman–Crippen LogP) is 4.70. The molecule has 4 rings (SSSR count). The van der Waals surface area contributed by atoms with Crippen LogP contribution in [0.4, 0.5) is 24.5 Å². The maximum atomic E-state index is 13.1. The number of ether oxygens (including phenoxy) is 1. The van der Waals surface area contributed by atoms with Gasteiger partial charge in [0.05, 0.1) is 30.3 Å². The van der Waals surface area contributed by atoms with Crippen molar-refractivity contribution in [1.29, 1.82) is 0 Å². The molecule has 6 nitrogen and oxygen atoms in total. The summed E-state index contributed by atoms with van der Waals surface area (Å²) in [6.07, 6.45) is -2.04. The summed E-state index contributed by atoms with van der Waals surface area (Å²) in [6.45, 7) is 3.78. The first kappa shape index (κ1) is 24.1. The molecule has 34 heavy (non-hydrogen) atoms. The summed E-state index contributed by atoms with van der Waals surface area (Å²) in [5, 5.41) is 3.18. The number of nitrogens with zero attached hydrogens (tertiary/aromatic N) is 2. The van der Waals surface area contributed by atoms with E-state index in [-0.39, 0.29) is 24.3 Å². The number of rotatable bonds is 7. The number of piperidine rings is 1. The predicted molar refractivity (Wildman–Crippen MR) is 123 cm³/mol. The van der Waals surface area contributed by atoms with Gasteiger partial charge >= 0.3 is 6.18 Å². The number of imide groups is 1. The molecule has 2 fully saturated rings. The van der Waals surface area contributed by atoms with Crippen LogP contribution in [0.1, 0.15) is 38.2 Å². The first-order valence-electron chi connectivity index (χ1n) is 11.5. The van der Waals surface area contributed by atoms with Gasteiger partial charge in [-0.3, -0.25) is 14.5 Å². The van der Waals surface area contributed by atoms with Crippen molar-refractivity contribution in [3.63, 3.8) is 0 Å². The zero-order valence-electron chi connectivity index (χ0n) is 19.0. The Morgan fingerprint density at radius 1 is 1.06 bits per heavy atom. The summed E-state index contributed by atoms with van der Waals surface area (Å²) in [6, 6.07) is 11.6. The fourth-order valence-corrected chi connectivity index (χ4v) is 4.46. The number of halogens is 3. The molecule has 0 unspecified atom stereocenters. The van der Waals surface area contributed by atoms with Crippen molar-refractivity contribution in [2.24, 2.45) is 0 Å². The maximum Gasteiger partial charge on any atom is 0.416 e. The molecule has 2 aliphatic rings. The van der Waals surface area contributed by atoms with E-state index in [2.05, 4.69) is 5.32 Å². The molecule has 0 radical (unpaired) electrons. The third kappa shape index (κ3) is 5.35. The first-order valence-corrected chi connectivity index (χ1v) is 11.5. The SMILES string of the molecule is CCCOc1ccc(N2C(=O)C[C@H](N3CCC(Nc4cccc(C(F)(F)F)c4)CC3)C2=O)cc1. The molecule has 0 bridgehead atoms. The molecule has 2 aromatic rings. The standard InChI is InChI=1S/C25H28F3N3O3/c1-2-14-34-21-8-6-20(7-9-21)31-23(32)16-22(24(31)33)30-12-10-18(11-13-30)29-19-5-3-4-17(15-19)25(26,27)28/h3-9,15,18,22,29H,2,10-14,16H2,1H3/t22-/m0/s1. The second kappa shape index (κ2) is 10.0. The molecule has 1 atom stereocenters. The second-order valence-corrected chi connectivity index (χ2v) is 8.66. The highest BCUT2D eigenvalue weighted by molar-refractivity contribution is 6.22. The molecule has 0 spiro atoms. The maximum absolute atomic E-state index is 13.1. The van der Waals surface area contributed by atoms with Crippen molar-refractivity contribution in [2.75, 3.05) is 29.9 Å². The quantitative estimate of drug-likeness (QED) is 0.588. The first-order chi connectivity index (χ1) is 16.3. The summed E-state index contributed by atoms with van der Waals surface area (Å²) in [5.74, 6) is 0.217. The number of carbonyl (C=O) groups excluding carboxylic acids is 2. The Morgan fingerprint density at radius 2 is 1.76 bits per heavy atom. The highest BCUT2D eigenvalue weighted by Crippen LogP contribution is 2.32. The lowest BCUT2D eigenvalue weighted by atomic mass is 10.0. The minimum absolute atomic E-state index is 0.00120. The molecular formula is C25H28F3N3O3. The number of amides is 2. The van der Waals surface area contributed by atoms with Crippen LogP contribution in [-0.2, 0) is 15.8 Å². The highest BCUT2D eigenvalue weighted by Gasteiger charge is 2.43. The van der Waals surface area contributed by atoms with E-state index in [0.29, 0.717) is 49.7 Å². The van der Waals surface area contributed by atoms with Gasteiger partial charge in [-0.25, -0.2) is 4.90 Å². The smallest absolute Gasteiger partial charge is 0.416 e. The molecule has 9 heteroatoms. The monoisotopic (exact) mass is 475 g/mol. The van der Waals surface area contributed by atoms with Crippen molar-refractivity contribution in [1.82, 2.24) is 4.90 Å². The molecule has 0 saturated carbocycles. The number of benzene rings is 2. The van der Waals surface area contributed by atoms with Gasteiger partial charge < -0.3 is 10.1 Å². The lowest BCUT2D eigenvalue weighted by Crippen LogP contribution is -2.48. The van der Waals surface area contributed by atoms with Gasteiger partial charge in [0.2, 0.25) is 5.91 Å². The van der Waals surface area contributed by atoms with E-state index in [1.165, 1.54) is 11.0 Å². The van der Waals surface area contributed by atoms with E-state index in [1.807, 2.05) is 11.8 Å². The van der Waals surface area contributed by atoms with Gasteiger partial charge in [0.1, 0.15) is 5.75 Å². The third-order valence-corrected chi connectivity index (χ3v) is 6.22. The topological polar surface area (TPSA) is 61.9 Å². The Balaban J connectivity index is 1.34. The van der Waals surface area contributed by atoms with Crippen molar-refractivity contribution in [3.8, 4) is 5.75 Å². The zero-order chi connectivity index (χ0) is 24.3. The number of alkyl halides is 3. The third-order valence-electron chi connectivity index (χ3n) is 6.22. The minimum Gasteiger partial charge on any atom is -0.494 e. The normalized spacial score (nSPS) is 20.1. The molecule has 2 amide bonds.